The number of ether oxygens (including phenoxy) is 2. The van der Waals surface area contributed by atoms with Gasteiger partial charge in [-0.05, 0) is 34.1 Å². The molecule has 0 saturated heterocycles. The average Bonchev–Trinajstić information content (AvgIpc) is 2.57. The zero-order valence-corrected chi connectivity index (χ0v) is 16.7. The summed E-state index contributed by atoms with van der Waals surface area (Å²) < 4.78 is 26.9. The molecule has 1 amide bonds. The zero-order valence-electron chi connectivity index (χ0n) is 15.7. The summed E-state index contributed by atoms with van der Waals surface area (Å²) in [7, 11) is -2.68. The second-order valence-electron chi connectivity index (χ2n) is 4.82. The molecule has 0 radical (unpaired) electrons. The van der Waals surface area contributed by atoms with Gasteiger partial charge in [-0.2, -0.15) is 0 Å². The van der Waals surface area contributed by atoms with E-state index in [9.17, 15) is 9.59 Å². The van der Waals surface area contributed by atoms with Gasteiger partial charge in [0.15, 0.2) is 0 Å². The van der Waals surface area contributed by atoms with Crippen LogP contribution in [0.4, 0.5) is 4.79 Å². The molecule has 0 aromatic carbocycles. The predicted molar refractivity (Wildman–Crippen MR) is 95.2 cm³/mol. The highest BCUT2D eigenvalue weighted by atomic mass is 28.4. The SMILES string of the molecule is CC=CC(=O)OCCOC(=O)NCCC[Si](OCC)(OCC)OCC. The van der Waals surface area contributed by atoms with Crippen LogP contribution in [-0.2, 0) is 27.5 Å². The quantitative estimate of drug-likeness (QED) is 0.215. The third kappa shape index (κ3) is 11.7. The van der Waals surface area contributed by atoms with Gasteiger partial charge in [-0.3, -0.25) is 0 Å². The van der Waals surface area contributed by atoms with E-state index in [1.54, 1.807) is 13.0 Å². The highest BCUT2D eigenvalue weighted by Gasteiger charge is 2.39. The standard InChI is InChI=1S/C16H31NO7Si/c1-5-10-15(18)20-12-13-21-16(19)17-11-9-14-25(22-6-2,23-7-3)24-8-4/h5,10H,6-9,11-14H2,1-4H3,(H,17,19). The molecule has 0 atom stereocenters. The van der Waals surface area contributed by atoms with Crippen LogP contribution in [0.25, 0.3) is 0 Å². The molecule has 1 N–H and O–H groups in total. The number of rotatable bonds is 14. The number of nitrogens with one attached hydrogen (secondary N) is 1. The molecule has 146 valence electrons. The van der Waals surface area contributed by atoms with Crippen molar-refractivity contribution in [2.45, 2.75) is 40.2 Å². The van der Waals surface area contributed by atoms with Crippen molar-refractivity contribution in [1.82, 2.24) is 5.32 Å². The van der Waals surface area contributed by atoms with Crippen molar-refractivity contribution < 1.29 is 32.3 Å². The van der Waals surface area contributed by atoms with Crippen LogP contribution in [-0.4, -0.2) is 60.4 Å². The van der Waals surface area contributed by atoms with Crippen LogP contribution in [0.3, 0.4) is 0 Å². The van der Waals surface area contributed by atoms with Gasteiger partial charge in [0.05, 0.1) is 0 Å². The Morgan fingerprint density at radius 1 is 0.960 bits per heavy atom. The Morgan fingerprint density at radius 3 is 2.04 bits per heavy atom. The number of esters is 1. The van der Waals surface area contributed by atoms with Crippen LogP contribution < -0.4 is 5.32 Å². The van der Waals surface area contributed by atoms with Gasteiger partial charge < -0.3 is 28.1 Å². The minimum Gasteiger partial charge on any atom is -0.459 e. The van der Waals surface area contributed by atoms with E-state index >= 15 is 0 Å². The molecule has 0 spiro atoms. The minimum absolute atomic E-state index is 0.00462. The first-order valence-corrected chi connectivity index (χ1v) is 10.6. The fourth-order valence-electron chi connectivity index (χ4n) is 2.01. The number of carbonyl (C=O) groups is 2. The summed E-state index contributed by atoms with van der Waals surface area (Å²) in [6.07, 6.45) is 2.97. The molecular formula is C16H31NO7Si. The van der Waals surface area contributed by atoms with Crippen LogP contribution >= 0.6 is 0 Å². The van der Waals surface area contributed by atoms with Crippen LogP contribution in [0.5, 0.6) is 0 Å². The van der Waals surface area contributed by atoms with Crippen molar-refractivity contribution in [1.29, 1.82) is 0 Å². The van der Waals surface area contributed by atoms with Gasteiger partial charge in [0, 0.05) is 38.5 Å². The van der Waals surface area contributed by atoms with E-state index in [0.717, 1.165) is 0 Å². The maximum Gasteiger partial charge on any atom is 0.500 e. The average molecular weight is 378 g/mol. The second kappa shape index (κ2) is 14.9. The van der Waals surface area contributed by atoms with E-state index in [-0.39, 0.29) is 13.2 Å². The highest BCUT2D eigenvalue weighted by molar-refractivity contribution is 6.60. The lowest BCUT2D eigenvalue weighted by Crippen LogP contribution is -2.46. The molecule has 0 bridgehead atoms. The van der Waals surface area contributed by atoms with E-state index < -0.39 is 20.9 Å². The fraction of sp³-hybridized carbons (Fsp3) is 0.750. The van der Waals surface area contributed by atoms with Gasteiger partial charge >= 0.3 is 20.9 Å². The topological polar surface area (TPSA) is 92.3 Å². The first-order valence-electron chi connectivity index (χ1n) is 8.65. The normalized spacial score (nSPS) is 11.5. The molecule has 25 heavy (non-hydrogen) atoms. The third-order valence-corrected chi connectivity index (χ3v) is 6.04. The third-order valence-electron chi connectivity index (χ3n) is 2.89. The Kier molecular flexibility index (Phi) is 14.0. The van der Waals surface area contributed by atoms with Gasteiger partial charge in [-0.25, -0.2) is 9.59 Å². The molecule has 0 aromatic heterocycles. The summed E-state index contributed by atoms with van der Waals surface area (Å²) in [5, 5.41) is 2.63. The maximum absolute atomic E-state index is 11.5. The Hall–Kier alpha value is -1.42. The van der Waals surface area contributed by atoms with Gasteiger partial charge in [0.25, 0.3) is 0 Å². The van der Waals surface area contributed by atoms with Gasteiger partial charge in [0.2, 0.25) is 0 Å². The summed E-state index contributed by atoms with van der Waals surface area (Å²) in [4.78, 5) is 22.6. The maximum atomic E-state index is 11.5. The van der Waals surface area contributed by atoms with E-state index in [4.69, 9.17) is 22.8 Å². The molecule has 0 aromatic rings. The molecule has 0 fully saturated rings. The lowest BCUT2D eigenvalue weighted by molar-refractivity contribution is -0.138. The number of amides is 1. The summed E-state index contributed by atoms with van der Waals surface area (Å²) in [6.45, 7) is 9.42. The van der Waals surface area contributed by atoms with E-state index in [0.29, 0.717) is 38.8 Å². The van der Waals surface area contributed by atoms with Gasteiger partial charge in [0.1, 0.15) is 13.2 Å². The van der Waals surface area contributed by atoms with Crippen molar-refractivity contribution in [2.75, 3.05) is 39.6 Å². The Balaban J connectivity index is 3.99. The molecular weight excluding hydrogens is 346 g/mol. The first-order chi connectivity index (χ1) is 12.0. The summed E-state index contributed by atoms with van der Waals surface area (Å²) in [5.74, 6) is -0.462. The second-order valence-corrected chi connectivity index (χ2v) is 7.55. The first kappa shape index (κ1) is 23.6. The largest absolute Gasteiger partial charge is 0.500 e. The Morgan fingerprint density at radius 2 is 1.52 bits per heavy atom. The van der Waals surface area contributed by atoms with E-state index in [1.807, 2.05) is 20.8 Å². The number of hydrogen-bond donors (Lipinski definition) is 1. The molecule has 0 aliphatic rings. The highest BCUT2D eigenvalue weighted by Crippen LogP contribution is 2.17. The predicted octanol–water partition coefficient (Wildman–Crippen LogP) is 2.27. The van der Waals surface area contributed by atoms with Crippen molar-refractivity contribution >= 4 is 20.9 Å². The number of hydrogen-bond acceptors (Lipinski definition) is 7. The van der Waals surface area contributed by atoms with Crippen molar-refractivity contribution in [3.8, 4) is 0 Å². The lowest BCUT2D eigenvalue weighted by atomic mass is 10.5. The molecule has 0 aliphatic carbocycles. The summed E-state index contributed by atoms with van der Waals surface area (Å²) in [5.41, 5.74) is 0. The van der Waals surface area contributed by atoms with Crippen molar-refractivity contribution in [2.24, 2.45) is 0 Å². The number of allylic oxidation sites excluding steroid dienone is 1. The van der Waals surface area contributed by atoms with E-state index in [1.165, 1.54) is 6.08 Å². The molecule has 0 aliphatic heterocycles. The van der Waals surface area contributed by atoms with Crippen molar-refractivity contribution in [3.63, 3.8) is 0 Å². The van der Waals surface area contributed by atoms with Crippen LogP contribution in [0.2, 0.25) is 6.04 Å². The number of alkyl carbamates (subject to hydrolysis) is 1. The molecule has 0 saturated carbocycles. The van der Waals surface area contributed by atoms with Crippen LogP contribution in [0.15, 0.2) is 12.2 Å². The van der Waals surface area contributed by atoms with Gasteiger partial charge in [-0.1, -0.05) is 6.08 Å². The molecule has 0 unspecified atom stereocenters. The Labute approximate surface area is 151 Å². The Bertz CT molecular complexity index is 387. The lowest BCUT2D eigenvalue weighted by Gasteiger charge is -2.28. The molecule has 0 heterocycles. The zero-order chi connectivity index (χ0) is 19.0. The molecule has 8 nitrogen and oxygen atoms in total. The molecule has 9 heteroatoms. The van der Waals surface area contributed by atoms with E-state index in [2.05, 4.69) is 5.32 Å². The van der Waals surface area contributed by atoms with Crippen LogP contribution in [0.1, 0.15) is 34.1 Å². The smallest absolute Gasteiger partial charge is 0.459 e. The number of carbonyl (C=O) groups excluding carboxylic acids is 2. The van der Waals surface area contributed by atoms with Crippen LogP contribution in [0, 0.1) is 0 Å². The molecule has 0 rings (SSSR count). The monoisotopic (exact) mass is 377 g/mol. The minimum atomic E-state index is -2.68. The van der Waals surface area contributed by atoms with Gasteiger partial charge in [-0.15, -0.1) is 0 Å². The van der Waals surface area contributed by atoms with Crippen molar-refractivity contribution in [3.05, 3.63) is 12.2 Å². The summed E-state index contributed by atoms with van der Waals surface area (Å²) in [6, 6.07) is 0.615. The summed E-state index contributed by atoms with van der Waals surface area (Å²) >= 11 is 0. The fourth-order valence-corrected chi connectivity index (χ4v) is 4.62.